The molecule has 0 atom stereocenters. The highest BCUT2D eigenvalue weighted by Crippen LogP contribution is 2.11. The van der Waals surface area contributed by atoms with Crippen LogP contribution in [0.1, 0.15) is 24.8 Å². The summed E-state index contributed by atoms with van der Waals surface area (Å²) in [5.74, 6) is -0.723. The maximum Gasteiger partial charge on any atom is 0.303 e. The molecule has 0 aliphatic rings. The summed E-state index contributed by atoms with van der Waals surface area (Å²) >= 11 is 0. The third-order valence-electron chi connectivity index (χ3n) is 2.81. The number of hydrogen-bond donors (Lipinski definition) is 3. The lowest BCUT2D eigenvalue weighted by Gasteiger charge is -2.04. The van der Waals surface area contributed by atoms with E-state index in [0.29, 0.717) is 0 Å². The fourth-order valence-corrected chi connectivity index (χ4v) is 1.85. The topological polar surface area (TPSA) is 78.0 Å². The maximum absolute atomic E-state index is 10.3. The van der Waals surface area contributed by atoms with Gasteiger partial charge < -0.3 is 15.4 Å². The lowest BCUT2D eigenvalue weighted by atomic mass is 10.2. The van der Waals surface area contributed by atoms with E-state index in [-0.39, 0.29) is 6.42 Å². The number of aromatic amines is 1. The first kappa shape index (κ1) is 12.6. The Hall–Kier alpha value is -1.88. The molecule has 1 aromatic heterocycles. The molecule has 18 heavy (non-hydrogen) atoms. The van der Waals surface area contributed by atoms with Crippen molar-refractivity contribution in [1.29, 1.82) is 0 Å². The van der Waals surface area contributed by atoms with Gasteiger partial charge in [0.05, 0.1) is 17.4 Å². The van der Waals surface area contributed by atoms with E-state index >= 15 is 0 Å². The van der Waals surface area contributed by atoms with Gasteiger partial charge in [0.2, 0.25) is 0 Å². The van der Waals surface area contributed by atoms with Crippen LogP contribution in [-0.4, -0.2) is 27.6 Å². The van der Waals surface area contributed by atoms with Crippen LogP contribution in [0.3, 0.4) is 0 Å². The summed E-state index contributed by atoms with van der Waals surface area (Å²) < 4.78 is 0. The Morgan fingerprint density at radius 3 is 3.11 bits per heavy atom. The number of carboxylic acid groups (broad SMARTS) is 1. The second kappa shape index (κ2) is 6.16. The molecule has 1 aromatic carbocycles. The molecule has 0 saturated carbocycles. The van der Waals surface area contributed by atoms with E-state index in [4.69, 9.17) is 5.11 Å². The van der Waals surface area contributed by atoms with Gasteiger partial charge in [-0.25, -0.2) is 4.98 Å². The third-order valence-corrected chi connectivity index (χ3v) is 2.81. The van der Waals surface area contributed by atoms with Crippen molar-refractivity contribution in [2.45, 2.75) is 25.8 Å². The van der Waals surface area contributed by atoms with Gasteiger partial charge in [0, 0.05) is 13.0 Å². The average molecular weight is 247 g/mol. The number of carboxylic acids is 1. The summed E-state index contributed by atoms with van der Waals surface area (Å²) in [7, 11) is 0. The summed E-state index contributed by atoms with van der Waals surface area (Å²) in [6.07, 6.45) is 3.55. The van der Waals surface area contributed by atoms with Crippen LogP contribution in [-0.2, 0) is 11.3 Å². The molecule has 96 valence electrons. The quantitative estimate of drug-likeness (QED) is 0.653. The standard InChI is InChI=1S/C13H17N3O2/c17-13(18)3-1-2-6-14-8-10-4-5-11-12(7-10)16-9-15-11/h4-5,7,9,14H,1-3,6,8H2,(H,15,16)(H,17,18). The monoisotopic (exact) mass is 247 g/mol. The van der Waals surface area contributed by atoms with Gasteiger partial charge in [0.25, 0.3) is 0 Å². The van der Waals surface area contributed by atoms with E-state index in [1.165, 1.54) is 5.56 Å². The summed E-state index contributed by atoms with van der Waals surface area (Å²) in [5.41, 5.74) is 3.21. The van der Waals surface area contributed by atoms with Crippen LogP contribution in [0.15, 0.2) is 24.5 Å². The Balaban J connectivity index is 1.71. The molecular formula is C13H17N3O2. The zero-order chi connectivity index (χ0) is 12.8. The van der Waals surface area contributed by atoms with Crippen molar-refractivity contribution >= 4 is 17.0 Å². The molecule has 5 heteroatoms. The van der Waals surface area contributed by atoms with Crippen molar-refractivity contribution in [3.05, 3.63) is 30.1 Å². The molecule has 5 nitrogen and oxygen atoms in total. The first-order valence-corrected chi connectivity index (χ1v) is 6.10. The van der Waals surface area contributed by atoms with Crippen LogP contribution >= 0.6 is 0 Å². The molecule has 2 rings (SSSR count). The first-order chi connectivity index (χ1) is 8.75. The number of nitrogens with zero attached hydrogens (tertiary/aromatic N) is 1. The Morgan fingerprint density at radius 1 is 1.39 bits per heavy atom. The normalized spacial score (nSPS) is 10.9. The molecule has 0 bridgehead atoms. The summed E-state index contributed by atoms with van der Waals surface area (Å²) in [4.78, 5) is 17.6. The van der Waals surface area contributed by atoms with Gasteiger partial charge in [-0.15, -0.1) is 0 Å². The minimum absolute atomic E-state index is 0.252. The van der Waals surface area contributed by atoms with E-state index in [0.717, 1.165) is 37.0 Å². The third kappa shape index (κ3) is 3.56. The van der Waals surface area contributed by atoms with E-state index in [1.54, 1.807) is 6.33 Å². The van der Waals surface area contributed by atoms with E-state index in [2.05, 4.69) is 21.4 Å². The predicted molar refractivity (Wildman–Crippen MR) is 69.3 cm³/mol. The van der Waals surface area contributed by atoms with Gasteiger partial charge >= 0.3 is 5.97 Å². The fraction of sp³-hybridized carbons (Fsp3) is 0.385. The number of rotatable bonds is 7. The van der Waals surface area contributed by atoms with E-state index < -0.39 is 5.97 Å². The van der Waals surface area contributed by atoms with Crippen LogP contribution in [0.5, 0.6) is 0 Å². The zero-order valence-corrected chi connectivity index (χ0v) is 10.1. The Morgan fingerprint density at radius 2 is 2.28 bits per heavy atom. The SMILES string of the molecule is O=C(O)CCCCNCc1ccc2nc[nH]c2c1. The molecule has 0 unspecified atom stereocenters. The van der Waals surface area contributed by atoms with Crippen molar-refractivity contribution in [2.75, 3.05) is 6.54 Å². The Kier molecular flexibility index (Phi) is 4.30. The molecule has 1 heterocycles. The smallest absolute Gasteiger partial charge is 0.303 e. The molecule has 2 aromatic rings. The summed E-state index contributed by atoms with van der Waals surface area (Å²) in [6, 6.07) is 6.12. The lowest BCUT2D eigenvalue weighted by Crippen LogP contribution is -2.14. The summed E-state index contributed by atoms with van der Waals surface area (Å²) in [5, 5.41) is 11.8. The number of fused-ring (bicyclic) bond motifs is 1. The Bertz CT molecular complexity index is 522. The lowest BCUT2D eigenvalue weighted by molar-refractivity contribution is -0.137. The number of H-pyrrole nitrogens is 1. The maximum atomic E-state index is 10.3. The number of unbranched alkanes of at least 4 members (excludes halogenated alkanes) is 1. The van der Waals surface area contributed by atoms with Crippen molar-refractivity contribution in [2.24, 2.45) is 0 Å². The minimum Gasteiger partial charge on any atom is -0.481 e. The highest BCUT2D eigenvalue weighted by Gasteiger charge is 1.99. The molecule has 0 fully saturated rings. The van der Waals surface area contributed by atoms with E-state index in [1.807, 2.05) is 12.1 Å². The highest BCUT2D eigenvalue weighted by atomic mass is 16.4. The molecular weight excluding hydrogens is 230 g/mol. The van der Waals surface area contributed by atoms with Crippen molar-refractivity contribution < 1.29 is 9.90 Å². The number of hydrogen-bond acceptors (Lipinski definition) is 3. The van der Waals surface area contributed by atoms with Crippen LogP contribution in [0.4, 0.5) is 0 Å². The van der Waals surface area contributed by atoms with Gasteiger partial charge in [-0.1, -0.05) is 6.07 Å². The largest absolute Gasteiger partial charge is 0.481 e. The second-order valence-electron chi connectivity index (χ2n) is 4.28. The zero-order valence-electron chi connectivity index (χ0n) is 10.1. The number of aliphatic carboxylic acids is 1. The molecule has 0 saturated heterocycles. The van der Waals surface area contributed by atoms with Crippen molar-refractivity contribution in [3.63, 3.8) is 0 Å². The molecule has 0 radical (unpaired) electrons. The van der Waals surface area contributed by atoms with Gasteiger partial charge in [0.1, 0.15) is 0 Å². The van der Waals surface area contributed by atoms with Gasteiger partial charge in [-0.05, 0) is 37.1 Å². The van der Waals surface area contributed by atoms with Gasteiger partial charge in [0.15, 0.2) is 0 Å². The van der Waals surface area contributed by atoms with Crippen LogP contribution in [0.2, 0.25) is 0 Å². The fourth-order valence-electron chi connectivity index (χ4n) is 1.85. The van der Waals surface area contributed by atoms with Crippen molar-refractivity contribution in [1.82, 2.24) is 15.3 Å². The number of nitrogens with one attached hydrogen (secondary N) is 2. The van der Waals surface area contributed by atoms with Crippen LogP contribution in [0, 0.1) is 0 Å². The number of benzene rings is 1. The van der Waals surface area contributed by atoms with Crippen molar-refractivity contribution in [3.8, 4) is 0 Å². The van der Waals surface area contributed by atoms with Crippen LogP contribution in [0.25, 0.3) is 11.0 Å². The average Bonchev–Trinajstić information content (AvgIpc) is 2.80. The minimum atomic E-state index is -0.723. The molecule has 3 N–H and O–H groups in total. The first-order valence-electron chi connectivity index (χ1n) is 6.10. The summed E-state index contributed by atoms with van der Waals surface area (Å²) in [6.45, 7) is 1.64. The molecule has 0 aliphatic heterocycles. The van der Waals surface area contributed by atoms with Crippen LogP contribution < -0.4 is 5.32 Å². The highest BCUT2D eigenvalue weighted by molar-refractivity contribution is 5.74. The number of aromatic nitrogens is 2. The number of imidazole rings is 1. The van der Waals surface area contributed by atoms with Gasteiger partial charge in [-0.3, -0.25) is 4.79 Å². The Labute approximate surface area is 105 Å². The molecule has 0 aliphatic carbocycles. The number of carbonyl (C=O) groups is 1. The van der Waals surface area contributed by atoms with E-state index in [9.17, 15) is 4.79 Å². The molecule has 0 amide bonds. The molecule has 0 spiro atoms. The van der Waals surface area contributed by atoms with Gasteiger partial charge in [-0.2, -0.15) is 0 Å². The second-order valence-corrected chi connectivity index (χ2v) is 4.28. The predicted octanol–water partition coefficient (Wildman–Crippen LogP) is 1.91.